The zero-order valence-corrected chi connectivity index (χ0v) is 11.9. The van der Waals surface area contributed by atoms with Gasteiger partial charge in [-0.05, 0) is 48.9 Å². The third-order valence-corrected chi connectivity index (χ3v) is 3.94. The van der Waals surface area contributed by atoms with Gasteiger partial charge in [0.25, 0.3) is 0 Å². The number of anilines is 2. The lowest BCUT2D eigenvalue weighted by Crippen LogP contribution is -1.91. The number of halogens is 1. The summed E-state index contributed by atoms with van der Waals surface area (Å²) in [5, 5.41) is 3.98. The van der Waals surface area contributed by atoms with E-state index in [0.717, 1.165) is 26.8 Å². The molecule has 3 rings (SSSR count). The first-order valence-corrected chi connectivity index (χ1v) is 6.95. The molecule has 0 spiro atoms. The van der Waals surface area contributed by atoms with Crippen molar-refractivity contribution >= 4 is 32.4 Å². The first-order chi connectivity index (χ1) is 9.65. The molecule has 0 aliphatic rings. The molecule has 0 saturated heterocycles. The number of hydrogen-bond donors (Lipinski definition) is 1. The Hall–Kier alpha value is -2.14. The Kier molecular flexibility index (Phi) is 3.28. The normalized spacial score (nSPS) is 10.8. The molecule has 1 heterocycles. The molecule has 0 atom stereocenters. The van der Waals surface area contributed by atoms with Crippen LogP contribution in [0.15, 0.2) is 36.4 Å². The molecular formula is C15H13FN2OS. The molecule has 102 valence electrons. The van der Waals surface area contributed by atoms with Gasteiger partial charge in [-0.2, -0.15) is 0 Å². The fourth-order valence-electron chi connectivity index (χ4n) is 1.93. The number of methoxy groups -OCH3 is 1. The van der Waals surface area contributed by atoms with Gasteiger partial charge >= 0.3 is 0 Å². The minimum Gasteiger partial charge on any atom is -0.497 e. The van der Waals surface area contributed by atoms with Crippen LogP contribution in [0.2, 0.25) is 0 Å². The predicted octanol–water partition coefficient (Wildman–Crippen LogP) is 4.50. The number of thiazole rings is 1. The predicted molar refractivity (Wildman–Crippen MR) is 80.6 cm³/mol. The third kappa shape index (κ3) is 2.44. The Bertz CT molecular complexity index is 770. The molecule has 0 aliphatic heterocycles. The molecule has 0 aliphatic carbocycles. The highest BCUT2D eigenvalue weighted by atomic mass is 32.1. The van der Waals surface area contributed by atoms with Gasteiger partial charge in [-0.15, -0.1) is 0 Å². The van der Waals surface area contributed by atoms with Gasteiger partial charge in [-0.3, -0.25) is 0 Å². The van der Waals surface area contributed by atoms with Crippen LogP contribution in [0.25, 0.3) is 10.2 Å². The second-order valence-corrected chi connectivity index (χ2v) is 5.47. The molecule has 0 unspecified atom stereocenters. The summed E-state index contributed by atoms with van der Waals surface area (Å²) in [6.07, 6.45) is 0. The Morgan fingerprint density at radius 1 is 1.20 bits per heavy atom. The standard InChI is InChI=1S/C15H13FN2OS/c1-9-7-10(3-5-12(9)16)17-15-18-13-6-4-11(19-2)8-14(13)20-15/h3-8H,1-2H3,(H,17,18). The number of nitrogens with one attached hydrogen (secondary N) is 1. The van der Waals surface area contributed by atoms with Crippen LogP contribution in [0, 0.1) is 12.7 Å². The van der Waals surface area contributed by atoms with E-state index in [-0.39, 0.29) is 5.82 Å². The highest BCUT2D eigenvalue weighted by molar-refractivity contribution is 7.22. The van der Waals surface area contributed by atoms with Gasteiger partial charge in [0.1, 0.15) is 11.6 Å². The van der Waals surface area contributed by atoms with Crippen molar-refractivity contribution in [3.8, 4) is 5.75 Å². The van der Waals surface area contributed by atoms with E-state index >= 15 is 0 Å². The first-order valence-electron chi connectivity index (χ1n) is 6.13. The summed E-state index contributed by atoms with van der Waals surface area (Å²) >= 11 is 1.54. The maximum Gasteiger partial charge on any atom is 0.188 e. The molecule has 1 aromatic heterocycles. The fraction of sp³-hybridized carbons (Fsp3) is 0.133. The Morgan fingerprint density at radius 2 is 2.05 bits per heavy atom. The highest BCUT2D eigenvalue weighted by Crippen LogP contribution is 2.31. The lowest BCUT2D eigenvalue weighted by molar-refractivity contribution is 0.415. The van der Waals surface area contributed by atoms with Crippen molar-refractivity contribution in [2.45, 2.75) is 6.92 Å². The van der Waals surface area contributed by atoms with Gasteiger partial charge < -0.3 is 10.1 Å². The van der Waals surface area contributed by atoms with Gasteiger partial charge in [0, 0.05) is 5.69 Å². The van der Waals surface area contributed by atoms with Crippen molar-refractivity contribution in [1.82, 2.24) is 4.98 Å². The Balaban J connectivity index is 1.92. The summed E-state index contributed by atoms with van der Waals surface area (Å²) in [7, 11) is 1.64. The molecule has 5 heteroatoms. The number of fused-ring (bicyclic) bond motifs is 1. The summed E-state index contributed by atoms with van der Waals surface area (Å²) in [5.41, 5.74) is 2.35. The van der Waals surface area contributed by atoms with E-state index in [0.29, 0.717) is 5.56 Å². The molecule has 2 aromatic carbocycles. The van der Waals surface area contributed by atoms with E-state index in [1.165, 1.54) is 17.4 Å². The zero-order chi connectivity index (χ0) is 14.1. The van der Waals surface area contributed by atoms with Crippen molar-refractivity contribution in [3.63, 3.8) is 0 Å². The van der Waals surface area contributed by atoms with Crippen LogP contribution in [0.3, 0.4) is 0 Å². The van der Waals surface area contributed by atoms with Crippen LogP contribution < -0.4 is 10.1 Å². The van der Waals surface area contributed by atoms with Gasteiger partial charge in [0.15, 0.2) is 5.13 Å². The average molecular weight is 288 g/mol. The van der Waals surface area contributed by atoms with Crippen LogP contribution in [0.1, 0.15) is 5.56 Å². The summed E-state index contributed by atoms with van der Waals surface area (Å²) in [5.74, 6) is 0.606. The molecule has 0 amide bonds. The summed E-state index contributed by atoms with van der Waals surface area (Å²) in [6.45, 7) is 1.74. The van der Waals surface area contributed by atoms with Crippen LogP contribution in [0.4, 0.5) is 15.2 Å². The van der Waals surface area contributed by atoms with E-state index in [2.05, 4.69) is 10.3 Å². The second kappa shape index (κ2) is 5.09. The van der Waals surface area contributed by atoms with E-state index in [4.69, 9.17) is 4.74 Å². The molecule has 3 aromatic rings. The molecule has 0 saturated carbocycles. The fourth-order valence-corrected chi connectivity index (χ4v) is 2.85. The largest absolute Gasteiger partial charge is 0.497 e. The molecule has 20 heavy (non-hydrogen) atoms. The minimum atomic E-state index is -0.204. The number of nitrogens with zero attached hydrogens (tertiary/aromatic N) is 1. The maximum absolute atomic E-state index is 13.2. The molecule has 0 radical (unpaired) electrons. The minimum absolute atomic E-state index is 0.204. The quantitative estimate of drug-likeness (QED) is 0.770. The van der Waals surface area contributed by atoms with Crippen molar-refractivity contribution < 1.29 is 9.13 Å². The molecule has 0 bridgehead atoms. The number of hydrogen-bond acceptors (Lipinski definition) is 4. The Labute approximate surface area is 120 Å². The van der Waals surface area contributed by atoms with Crippen molar-refractivity contribution in [2.75, 3.05) is 12.4 Å². The summed E-state index contributed by atoms with van der Waals surface area (Å²) in [4.78, 5) is 4.49. The number of aryl methyl sites for hydroxylation is 1. The maximum atomic E-state index is 13.2. The number of rotatable bonds is 3. The monoisotopic (exact) mass is 288 g/mol. The molecule has 3 nitrogen and oxygen atoms in total. The topological polar surface area (TPSA) is 34.1 Å². The smallest absolute Gasteiger partial charge is 0.188 e. The summed E-state index contributed by atoms with van der Waals surface area (Å²) < 4.78 is 19.5. The van der Waals surface area contributed by atoms with Crippen LogP contribution in [0.5, 0.6) is 5.75 Å². The van der Waals surface area contributed by atoms with E-state index in [9.17, 15) is 4.39 Å². The van der Waals surface area contributed by atoms with Crippen molar-refractivity contribution in [2.24, 2.45) is 0 Å². The van der Waals surface area contributed by atoms with Crippen molar-refractivity contribution in [1.29, 1.82) is 0 Å². The number of benzene rings is 2. The second-order valence-electron chi connectivity index (χ2n) is 4.44. The van der Waals surface area contributed by atoms with Gasteiger partial charge in [0.2, 0.25) is 0 Å². The lowest BCUT2D eigenvalue weighted by atomic mass is 10.2. The van der Waals surface area contributed by atoms with E-state index < -0.39 is 0 Å². The number of aromatic nitrogens is 1. The molecule has 0 fully saturated rings. The summed E-state index contributed by atoms with van der Waals surface area (Å²) in [6, 6.07) is 10.7. The zero-order valence-electron chi connectivity index (χ0n) is 11.1. The van der Waals surface area contributed by atoms with Gasteiger partial charge in [-0.1, -0.05) is 11.3 Å². The van der Waals surface area contributed by atoms with Crippen LogP contribution in [-0.4, -0.2) is 12.1 Å². The molecule has 1 N–H and O–H groups in total. The highest BCUT2D eigenvalue weighted by Gasteiger charge is 2.06. The first kappa shape index (κ1) is 12.9. The average Bonchev–Trinajstić information content (AvgIpc) is 2.84. The SMILES string of the molecule is COc1ccc2nc(Nc3ccc(F)c(C)c3)sc2c1. The van der Waals surface area contributed by atoms with Gasteiger partial charge in [-0.25, -0.2) is 9.37 Å². The number of ether oxygens (including phenoxy) is 1. The van der Waals surface area contributed by atoms with E-state index in [1.54, 1.807) is 26.2 Å². The third-order valence-electron chi connectivity index (χ3n) is 3.00. The van der Waals surface area contributed by atoms with Crippen LogP contribution >= 0.6 is 11.3 Å². The van der Waals surface area contributed by atoms with E-state index in [1.807, 2.05) is 18.2 Å². The van der Waals surface area contributed by atoms with Gasteiger partial charge in [0.05, 0.1) is 17.3 Å². The Morgan fingerprint density at radius 3 is 2.80 bits per heavy atom. The molecular weight excluding hydrogens is 275 g/mol. The lowest BCUT2D eigenvalue weighted by Gasteiger charge is -2.03. The van der Waals surface area contributed by atoms with Crippen LogP contribution in [-0.2, 0) is 0 Å². The van der Waals surface area contributed by atoms with Crippen molar-refractivity contribution in [3.05, 3.63) is 47.8 Å².